The van der Waals surface area contributed by atoms with Gasteiger partial charge in [-0.05, 0) is 45.1 Å². The molecule has 1 heterocycles. The van der Waals surface area contributed by atoms with Crippen LogP contribution in [0.2, 0.25) is 0 Å². The van der Waals surface area contributed by atoms with Gasteiger partial charge in [0.2, 0.25) is 0 Å². The lowest BCUT2D eigenvalue weighted by molar-refractivity contribution is 0.453. The average molecular weight is 210 g/mol. The minimum absolute atomic E-state index is 0.484. The average Bonchev–Trinajstić information content (AvgIpc) is 2.70. The van der Waals surface area contributed by atoms with Crippen molar-refractivity contribution < 1.29 is 4.42 Å². The van der Waals surface area contributed by atoms with Crippen molar-refractivity contribution in [1.29, 1.82) is 0 Å². The van der Waals surface area contributed by atoms with Crippen molar-refractivity contribution in [3.05, 3.63) is 24.2 Å². The van der Waals surface area contributed by atoms with Crippen LogP contribution in [0.4, 0.5) is 0 Å². The van der Waals surface area contributed by atoms with Crippen molar-refractivity contribution >= 4 is 0 Å². The Labute approximate surface area is 92.2 Å². The molecule has 0 aliphatic heterocycles. The Bertz CT molecular complexity index is 234. The van der Waals surface area contributed by atoms with E-state index in [-0.39, 0.29) is 0 Å². The van der Waals surface area contributed by atoms with Gasteiger partial charge in [-0.25, -0.2) is 0 Å². The Balaban J connectivity index is 2.01. The van der Waals surface area contributed by atoms with E-state index < -0.39 is 0 Å². The van der Waals surface area contributed by atoms with Gasteiger partial charge in [0.25, 0.3) is 0 Å². The second-order valence-corrected chi connectivity index (χ2v) is 3.85. The molecule has 0 radical (unpaired) electrons. The Morgan fingerprint density at radius 2 is 2.27 bits per heavy atom. The fourth-order valence-corrected chi connectivity index (χ4v) is 1.54. The minimum Gasteiger partial charge on any atom is -0.469 e. The van der Waals surface area contributed by atoms with Crippen LogP contribution < -0.4 is 10.6 Å². The maximum absolute atomic E-state index is 5.30. The minimum atomic E-state index is 0.484. The van der Waals surface area contributed by atoms with Crippen LogP contribution in [0.3, 0.4) is 0 Å². The van der Waals surface area contributed by atoms with E-state index in [4.69, 9.17) is 4.42 Å². The number of rotatable bonds is 8. The number of hydrogen-bond donors (Lipinski definition) is 2. The first kappa shape index (κ1) is 12.3. The Morgan fingerprint density at radius 1 is 1.40 bits per heavy atom. The summed E-state index contributed by atoms with van der Waals surface area (Å²) in [7, 11) is 0. The van der Waals surface area contributed by atoms with Crippen LogP contribution in [0.15, 0.2) is 22.8 Å². The zero-order valence-corrected chi connectivity index (χ0v) is 9.75. The summed E-state index contributed by atoms with van der Waals surface area (Å²) < 4.78 is 5.30. The van der Waals surface area contributed by atoms with Crippen molar-refractivity contribution in [2.24, 2.45) is 0 Å². The first-order valence-electron chi connectivity index (χ1n) is 5.79. The van der Waals surface area contributed by atoms with Crippen LogP contribution in [0, 0.1) is 0 Å². The van der Waals surface area contributed by atoms with E-state index in [2.05, 4.69) is 24.5 Å². The zero-order valence-electron chi connectivity index (χ0n) is 9.75. The van der Waals surface area contributed by atoms with Crippen LogP contribution in [0.25, 0.3) is 0 Å². The second-order valence-electron chi connectivity index (χ2n) is 3.85. The van der Waals surface area contributed by atoms with Crippen molar-refractivity contribution in [2.45, 2.75) is 32.7 Å². The predicted molar refractivity (Wildman–Crippen MR) is 63.0 cm³/mol. The molecule has 86 valence electrons. The molecule has 0 saturated heterocycles. The molecular formula is C12H22N2O. The van der Waals surface area contributed by atoms with Gasteiger partial charge in [0.1, 0.15) is 5.76 Å². The van der Waals surface area contributed by atoms with Crippen LogP contribution in [-0.2, 0) is 6.42 Å². The second kappa shape index (κ2) is 7.49. The third kappa shape index (κ3) is 5.60. The summed E-state index contributed by atoms with van der Waals surface area (Å²) in [4.78, 5) is 0. The smallest absolute Gasteiger partial charge is 0.105 e. The van der Waals surface area contributed by atoms with Crippen LogP contribution in [-0.4, -0.2) is 25.7 Å². The van der Waals surface area contributed by atoms with Crippen molar-refractivity contribution in [3.8, 4) is 0 Å². The molecule has 0 spiro atoms. The third-order valence-corrected chi connectivity index (χ3v) is 2.36. The highest BCUT2D eigenvalue weighted by atomic mass is 16.3. The molecule has 1 rings (SSSR count). The molecule has 0 aromatic carbocycles. The molecule has 0 saturated carbocycles. The third-order valence-electron chi connectivity index (χ3n) is 2.36. The largest absolute Gasteiger partial charge is 0.469 e. The normalized spacial score (nSPS) is 12.9. The van der Waals surface area contributed by atoms with E-state index in [0.717, 1.165) is 31.8 Å². The van der Waals surface area contributed by atoms with Crippen LogP contribution in [0.5, 0.6) is 0 Å². The summed E-state index contributed by atoms with van der Waals surface area (Å²) >= 11 is 0. The van der Waals surface area contributed by atoms with Gasteiger partial charge in [0.15, 0.2) is 0 Å². The summed E-state index contributed by atoms with van der Waals surface area (Å²) in [6.45, 7) is 7.54. The fourth-order valence-electron chi connectivity index (χ4n) is 1.54. The SMILES string of the molecule is CCNCCCNC(C)Cc1ccco1. The molecule has 0 fully saturated rings. The number of furan rings is 1. The van der Waals surface area contributed by atoms with Crippen molar-refractivity contribution in [2.75, 3.05) is 19.6 Å². The van der Waals surface area contributed by atoms with Crippen molar-refractivity contribution in [3.63, 3.8) is 0 Å². The Morgan fingerprint density at radius 3 is 2.93 bits per heavy atom. The lowest BCUT2D eigenvalue weighted by atomic mass is 10.2. The van der Waals surface area contributed by atoms with Gasteiger partial charge < -0.3 is 15.1 Å². The van der Waals surface area contributed by atoms with Gasteiger partial charge in [-0.2, -0.15) is 0 Å². The zero-order chi connectivity index (χ0) is 10.9. The van der Waals surface area contributed by atoms with E-state index in [9.17, 15) is 0 Å². The number of nitrogens with one attached hydrogen (secondary N) is 2. The molecule has 0 bridgehead atoms. The lowest BCUT2D eigenvalue weighted by Crippen LogP contribution is -2.30. The van der Waals surface area contributed by atoms with Gasteiger partial charge in [-0.15, -0.1) is 0 Å². The molecule has 3 heteroatoms. The molecule has 3 nitrogen and oxygen atoms in total. The first-order valence-corrected chi connectivity index (χ1v) is 5.79. The molecule has 0 amide bonds. The van der Waals surface area contributed by atoms with Crippen LogP contribution in [0.1, 0.15) is 26.0 Å². The highest BCUT2D eigenvalue weighted by Crippen LogP contribution is 2.03. The molecule has 0 aliphatic carbocycles. The summed E-state index contributed by atoms with van der Waals surface area (Å²) in [5, 5.41) is 6.79. The van der Waals surface area contributed by atoms with E-state index in [1.807, 2.05) is 12.1 Å². The van der Waals surface area contributed by atoms with E-state index >= 15 is 0 Å². The van der Waals surface area contributed by atoms with Crippen LogP contribution >= 0.6 is 0 Å². The van der Waals surface area contributed by atoms with Gasteiger partial charge in [0, 0.05) is 12.5 Å². The Hall–Kier alpha value is -0.800. The fraction of sp³-hybridized carbons (Fsp3) is 0.667. The van der Waals surface area contributed by atoms with E-state index in [1.54, 1.807) is 6.26 Å². The highest BCUT2D eigenvalue weighted by molar-refractivity contribution is 4.99. The van der Waals surface area contributed by atoms with Gasteiger partial charge >= 0.3 is 0 Å². The maximum Gasteiger partial charge on any atom is 0.105 e. The van der Waals surface area contributed by atoms with Gasteiger partial charge in [-0.1, -0.05) is 6.92 Å². The lowest BCUT2D eigenvalue weighted by Gasteiger charge is -2.12. The maximum atomic E-state index is 5.30. The topological polar surface area (TPSA) is 37.2 Å². The molecule has 1 atom stereocenters. The van der Waals surface area contributed by atoms with E-state index in [0.29, 0.717) is 6.04 Å². The standard InChI is InChI=1S/C12H22N2O/c1-3-13-7-5-8-14-11(2)10-12-6-4-9-15-12/h4,6,9,11,13-14H,3,5,7-8,10H2,1-2H3. The molecule has 1 aromatic heterocycles. The van der Waals surface area contributed by atoms with Gasteiger partial charge in [-0.3, -0.25) is 0 Å². The molecule has 2 N–H and O–H groups in total. The summed E-state index contributed by atoms with van der Waals surface area (Å²) in [5.74, 6) is 1.06. The number of hydrogen-bond acceptors (Lipinski definition) is 3. The van der Waals surface area contributed by atoms with Gasteiger partial charge in [0.05, 0.1) is 6.26 Å². The van der Waals surface area contributed by atoms with E-state index in [1.165, 1.54) is 6.42 Å². The molecule has 0 aliphatic rings. The quantitative estimate of drug-likeness (QED) is 0.642. The molecule has 15 heavy (non-hydrogen) atoms. The summed E-state index contributed by atoms with van der Waals surface area (Å²) in [6.07, 6.45) is 3.87. The first-order chi connectivity index (χ1) is 7.33. The Kier molecular flexibility index (Phi) is 6.12. The summed E-state index contributed by atoms with van der Waals surface area (Å²) in [6, 6.07) is 4.45. The highest BCUT2D eigenvalue weighted by Gasteiger charge is 2.03. The predicted octanol–water partition coefficient (Wildman–Crippen LogP) is 1.80. The molecule has 1 unspecified atom stereocenters. The van der Waals surface area contributed by atoms with Crippen molar-refractivity contribution in [1.82, 2.24) is 10.6 Å². The monoisotopic (exact) mass is 210 g/mol. The molecular weight excluding hydrogens is 188 g/mol. The molecule has 1 aromatic rings. The summed E-state index contributed by atoms with van der Waals surface area (Å²) in [5.41, 5.74) is 0.